The number of ether oxygens (including phenoxy) is 2. The van der Waals surface area contributed by atoms with Crippen molar-refractivity contribution in [2.24, 2.45) is 0 Å². The number of aryl methyl sites for hydroxylation is 1. The first kappa shape index (κ1) is 12.8. The van der Waals surface area contributed by atoms with Crippen LogP contribution >= 0.6 is 0 Å². The van der Waals surface area contributed by atoms with E-state index >= 15 is 0 Å². The summed E-state index contributed by atoms with van der Waals surface area (Å²) in [6.45, 7) is 6.49. The minimum atomic E-state index is -0.164. The van der Waals surface area contributed by atoms with E-state index in [9.17, 15) is 0 Å². The zero-order valence-electron chi connectivity index (χ0n) is 10.4. The molecule has 90 valence electrons. The molecule has 2 N–H and O–H groups in total. The second-order valence-electron chi connectivity index (χ2n) is 4.39. The first-order chi connectivity index (χ1) is 7.44. The van der Waals surface area contributed by atoms with Gasteiger partial charge in [-0.2, -0.15) is 0 Å². The molecule has 0 amide bonds. The Morgan fingerprint density at radius 2 is 2.06 bits per heavy atom. The molecule has 0 bridgehead atoms. The molecule has 0 saturated heterocycles. The summed E-state index contributed by atoms with van der Waals surface area (Å²) in [5.41, 5.74) is 6.99. The Kier molecular flexibility index (Phi) is 4.12. The van der Waals surface area contributed by atoms with Gasteiger partial charge >= 0.3 is 0 Å². The Bertz CT molecular complexity index is 351. The van der Waals surface area contributed by atoms with E-state index in [2.05, 4.69) is 4.98 Å². The van der Waals surface area contributed by atoms with Gasteiger partial charge in [-0.3, -0.25) is 0 Å². The summed E-state index contributed by atoms with van der Waals surface area (Å²) in [6.07, 6.45) is 0.814. The van der Waals surface area contributed by atoms with Crippen molar-refractivity contribution < 1.29 is 9.47 Å². The summed E-state index contributed by atoms with van der Waals surface area (Å²) < 4.78 is 10.8. The highest BCUT2D eigenvalue weighted by Crippen LogP contribution is 2.16. The van der Waals surface area contributed by atoms with Crippen molar-refractivity contribution in [1.29, 1.82) is 0 Å². The molecule has 4 heteroatoms. The number of nitrogens with zero attached hydrogens (tertiary/aromatic N) is 1. The van der Waals surface area contributed by atoms with Gasteiger partial charge in [-0.25, -0.2) is 4.98 Å². The van der Waals surface area contributed by atoms with Gasteiger partial charge in [-0.05, 0) is 26.8 Å². The van der Waals surface area contributed by atoms with Gasteiger partial charge in [0.1, 0.15) is 0 Å². The van der Waals surface area contributed by atoms with Gasteiger partial charge in [0.25, 0.3) is 0 Å². The van der Waals surface area contributed by atoms with Crippen LogP contribution in [-0.4, -0.2) is 24.3 Å². The summed E-state index contributed by atoms with van der Waals surface area (Å²) in [4.78, 5) is 4.23. The Morgan fingerprint density at radius 1 is 1.38 bits per heavy atom. The van der Waals surface area contributed by atoms with Crippen molar-refractivity contribution in [2.75, 3.05) is 19.5 Å². The van der Waals surface area contributed by atoms with Crippen LogP contribution in [-0.2, 0) is 4.74 Å². The molecule has 1 aromatic rings. The maximum atomic E-state index is 5.67. The minimum Gasteiger partial charge on any atom is -0.478 e. The number of rotatable bonds is 5. The van der Waals surface area contributed by atoms with Gasteiger partial charge < -0.3 is 15.2 Å². The maximum absolute atomic E-state index is 5.67. The average molecular weight is 224 g/mol. The Hall–Kier alpha value is -1.29. The third-order valence-electron chi connectivity index (χ3n) is 2.61. The molecule has 1 rings (SSSR count). The van der Waals surface area contributed by atoms with E-state index in [4.69, 9.17) is 15.2 Å². The van der Waals surface area contributed by atoms with Crippen LogP contribution in [0.25, 0.3) is 0 Å². The second kappa shape index (κ2) is 5.16. The Labute approximate surface area is 96.8 Å². The highest BCUT2D eigenvalue weighted by atomic mass is 16.5. The summed E-state index contributed by atoms with van der Waals surface area (Å²) in [7, 11) is 1.70. The largest absolute Gasteiger partial charge is 0.478 e. The standard InChI is InChI=1S/C12H20N2O2/c1-9-10(13)5-6-11(14-9)16-8-7-12(2,3)15-4/h5-6H,7-8,13H2,1-4H3. The Morgan fingerprint density at radius 3 is 2.62 bits per heavy atom. The molecule has 4 nitrogen and oxygen atoms in total. The first-order valence-corrected chi connectivity index (χ1v) is 5.36. The highest BCUT2D eigenvalue weighted by Gasteiger charge is 2.16. The quantitative estimate of drug-likeness (QED) is 0.832. The summed E-state index contributed by atoms with van der Waals surface area (Å²) in [6, 6.07) is 3.58. The molecule has 16 heavy (non-hydrogen) atoms. The van der Waals surface area contributed by atoms with E-state index in [0.29, 0.717) is 18.2 Å². The lowest BCUT2D eigenvalue weighted by Gasteiger charge is -2.22. The number of pyridine rings is 1. The van der Waals surface area contributed by atoms with Gasteiger partial charge in [0.15, 0.2) is 0 Å². The Balaban J connectivity index is 2.46. The number of methoxy groups -OCH3 is 1. The van der Waals surface area contributed by atoms with Gasteiger partial charge in [-0.1, -0.05) is 0 Å². The lowest BCUT2D eigenvalue weighted by atomic mass is 10.1. The number of hydrogen-bond acceptors (Lipinski definition) is 4. The van der Waals surface area contributed by atoms with E-state index in [1.54, 1.807) is 19.2 Å². The van der Waals surface area contributed by atoms with E-state index < -0.39 is 0 Å². The van der Waals surface area contributed by atoms with Crippen LogP contribution in [0.3, 0.4) is 0 Å². The van der Waals surface area contributed by atoms with Crippen LogP contribution in [0.2, 0.25) is 0 Å². The minimum absolute atomic E-state index is 0.164. The average Bonchev–Trinajstić information content (AvgIpc) is 2.23. The van der Waals surface area contributed by atoms with Crippen LogP contribution in [0.5, 0.6) is 5.88 Å². The first-order valence-electron chi connectivity index (χ1n) is 5.36. The van der Waals surface area contributed by atoms with E-state index in [1.807, 2.05) is 20.8 Å². The molecule has 0 atom stereocenters. The number of anilines is 1. The predicted octanol–water partition coefficient (Wildman–Crippen LogP) is 2.17. The van der Waals surface area contributed by atoms with Crippen LogP contribution in [0.4, 0.5) is 5.69 Å². The monoisotopic (exact) mass is 224 g/mol. The summed E-state index contributed by atoms with van der Waals surface area (Å²) in [5.74, 6) is 0.610. The smallest absolute Gasteiger partial charge is 0.213 e. The second-order valence-corrected chi connectivity index (χ2v) is 4.39. The maximum Gasteiger partial charge on any atom is 0.213 e. The van der Waals surface area contributed by atoms with Crippen molar-refractivity contribution in [3.63, 3.8) is 0 Å². The predicted molar refractivity (Wildman–Crippen MR) is 64.6 cm³/mol. The molecule has 0 spiro atoms. The molecule has 0 aromatic carbocycles. The van der Waals surface area contributed by atoms with Crippen molar-refractivity contribution in [3.8, 4) is 5.88 Å². The third kappa shape index (κ3) is 3.70. The summed E-state index contributed by atoms with van der Waals surface area (Å²) in [5, 5.41) is 0. The number of nitrogen functional groups attached to an aromatic ring is 1. The normalized spacial score (nSPS) is 11.5. The van der Waals surface area contributed by atoms with Gasteiger partial charge in [0.2, 0.25) is 5.88 Å². The lowest BCUT2D eigenvalue weighted by molar-refractivity contribution is 0.00508. The zero-order valence-corrected chi connectivity index (χ0v) is 10.4. The fraction of sp³-hybridized carbons (Fsp3) is 0.583. The third-order valence-corrected chi connectivity index (χ3v) is 2.61. The molecule has 0 unspecified atom stereocenters. The molecule has 0 aliphatic heterocycles. The highest BCUT2D eigenvalue weighted by molar-refractivity contribution is 5.43. The molecule has 0 radical (unpaired) electrons. The SMILES string of the molecule is COC(C)(C)CCOc1ccc(N)c(C)n1. The van der Waals surface area contributed by atoms with Crippen molar-refractivity contribution in [2.45, 2.75) is 32.8 Å². The van der Waals surface area contributed by atoms with Crippen molar-refractivity contribution >= 4 is 5.69 Å². The van der Waals surface area contributed by atoms with E-state index in [1.165, 1.54) is 0 Å². The molecule has 0 saturated carbocycles. The van der Waals surface area contributed by atoms with Crippen LogP contribution in [0, 0.1) is 6.92 Å². The van der Waals surface area contributed by atoms with Gasteiger partial charge in [0.05, 0.1) is 23.6 Å². The number of aromatic nitrogens is 1. The topological polar surface area (TPSA) is 57.4 Å². The fourth-order valence-corrected chi connectivity index (χ4v) is 1.13. The molecule has 0 fully saturated rings. The summed E-state index contributed by atoms with van der Waals surface area (Å²) >= 11 is 0. The van der Waals surface area contributed by atoms with Crippen molar-refractivity contribution in [1.82, 2.24) is 4.98 Å². The number of hydrogen-bond donors (Lipinski definition) is 1. The van der Waals surface area contributed by atoms with Crippen LogP contribution < -0.4 is 10.5 Å². The van der Waals surface area contributed by atoms with Gasteiger partial charge in [-0.15, -0.1) is 0 Å². The van der Waals surface area contributed by atoms with E-state index in [-0.39, 0.29) is 5.60 Å². The molecule has 1 aromatic heterocycles. The lowest BCUT2D eigenvalue weighted by Crippen LogP contribution is -2.25. The molecule has 0 aliphatic rings. The van der Waals surface area contributed by atoms with Crippen molar-refractivity contribution in [3.05, 3.63) is 17.8 Å². The van der Waals surface area contributed by atoms with Crippen LogP contribution in [0.15, 0.2) is 12.1 Å². The number of nitrogens with two attached hydrogens (primary N) is 1. The van der Waals surface area contributed by atoms with E-state index in [0.717, 1.165) is 12.1 Å². The molecule has 1 heterocycles. The van der Waals surface area contributed by atoms with Crippen LogP contribution in [0.1, 0.15) is 26.0 Å². The molecular weight excluding hydrogens is 204 g/mol. The molecule has 0 aliphatic carbocycles. The van der Waals surface area contributed by atoms with Gasteiger partial charge in [0, 0.05) is 19.6 Å². The fourth-order valence-electron chi connectivity index (χ4n) is 1.13. The zero-order chi connectivity index (χ0) is 12.2. The molecular formula is C12H20N2O2.